The summed E-state index contributed by atoms with van der Waals surface area (Å²) in [5, 5.41) is 2.71. The molecule has 0 aromatic heterocycles. The Morgan fingerprint density at radius 1 is 1.19 bits per heavy atom. The van der Waals surface area contributed by atoms with Crippen molar-refractivity contribution >= 4 is 23.5 Å². The first kappa shape index (κ1) is 19.4. The zero-order chi connectivity index (χ0) is 19.4. The number of fused-ring (bicyclic) bond motifs is 1. The molecular formula is C21H28N2O4. The lowest BCUT2D eigenvalue weighted by Crippen LogP contribution is -2.48. The second-order valence-electron chi connectivity index (χ2n) is 7.61. The van der Waals surface area contributed by atoms with E-state index in [-0.39, 0.29) is 30.4 Å². The molecule has 1 aromatic rings. The quantitative estimate of drug-likeness (QED) is 0.806. The molecule has 1 fully saturated rings. The highest BCUT2D eigenvalue weighted by atomic mass is 16.5. The molecule has 1 aromatic carbocycles. The highest BCUT2D eigenvalue weighted by Gasteiger charge is 2.34. The maximum absolute atomic E-state index is 12.8. The van der Waals surface area contributed by atoms with Crippen LogP contribution >= 0.6 is 0 Å². The summed E-state index contributed by atoms with van der Waals surface area (Å²) < 4.78 is 5.35. The van der Waals surface area contributed by atoms with Crippen molar-refractivity contribution in [1.29, 1.82) is 0 Å². The Morgan fingerprint density at radius 2 is 1.89 bits per heavy atom. The van der Waals surface area contributed by atoms with Crippen LogP contribution in [0.4, 0.5) is 5.69 Å². The Labute approximate surface area is 160 Å². The Hall–Kier alpha value is -2.37. The predicted molar refractivity (Wildman–Crippen MR) is 102 cm³/mol. The second kappa shape index (κ2) is 8.55. The number of carbonyl (C=O) groups excluding carboxylic acids is 3. The molecule has 146 valence electrons. The number of ether oxygens (including phenoxy) is 1. The number of anilines is 1. The molecule has 2 amide bonds. The molecule has 1 N–H and O–H groups in total. The molecule has 6 heteroatoms. The number of hydrogen-bond acceptors (Lipinski definition) is 4. The van der Waals surface area contributed by atoms with Crippen molar-refractivity contribution in [1.82, 2.24) is 5.32 Å². The number of esters is 1. The zero-order valence-corrected chi connectivity index (χ0v) is 16.1. The summed E-state index contributed by atoms with van der Waals surface area (Å²) in [6.07, 6.45) is 5.71. The van der Waals surface area contributed by atoms with Crippen LogP contribution in [0.25, 0.3) is 0 Å². The molecule has 0 radical (unpaired) electrons. The zero-order valence-electron chi connectivity index (χ0n) is 16.1. The van der Waals surface area contributed by atoms with E-state index in [0.29, 0.717) is 0 Å². The first-order valence-corrected chi connectivity index (χ1v) is 9.81. The molecule has 6 nitrogen and oxygen atoms in total. The average molecular weight is 372 g/mol. The van der Waals surface area contributed by atoms with E-state index in [1.54, 1.807) is 4.90 Å². The van der Waals surface area contributed by atoms with Crippen LogP contribution in [0.3, 0.4) is 0 Å². The average Bonchev–Trinajstić information content (AvgIpc) is 3.18. The number of benzene rings is 1. The first-order chi connectivity index (χ1) is 13.0. The molecular weight excluding hydrogens is 344 g/mol. The predicted octanol–water partition coefficient (Wildman–Crippen LogP) is 2.59. The van der Waals surface area contributed by atoms with E-state index in [0.717, 1.165) is 49.8 Å². The summed E-state index contributed by atoms with van der Waals surface area (Å²) in [7, 11) is 0. The molecule has 0 spiro atoms. The number of nitrogens with one attached hydrogen (secondary N) is 1. The lowest BCUT2D eigenvalue weighted by molar-refractivity contribution is -0.152. The van der Waals surface area contributed by atoms with Gasteiger partial charge < -0.3 is 15.0 Å². The van der Waals surface area contributed by atoms with Gasteiger partial charge in [-0.1, -0.05) is 31.0 Å². The van der Waals surface area contributed by atoms with Crippen LogP contribution < -0.4 is 10.2 Å². The minimum atomic E-state index is -0.663. The number of rotatable bonds is 5. The van der Waals surface area contributed by atoms with Crippen molar-refractivity contribution in [3.63, 3.8) is 0 Å². The monoisotopic (exact) mass is 372 g/mol. The standard InChI is InChI=1S/C21H28N2O4/c1-14-11-12-16-7-5-6-10-18(16)23(14)19(25)13-27-21(26)20(22-15(2)24)17-8-3-4-9-17/h5-7,10,14,17,20H,3-4,8-9,11-13H2,1-2H3,(H,22,24). The Morgan fingerprint density at radius 3 is 2.59 bits per heavy atom. The van der Waals surface area contributed by atoms with E-state index in [1.807, 2.05) is 31.2 Å². The number of amides is 2. The van der Waals surface area contributed by atoms with Crippen molar-refractivity contribution in [2.45, 2.75) is 64.5 Å². The van der Waals surface area contributed by atoms with Gasteiger partial charge in [-0.3, -0.25) is 9.59 Å². The van der Waals surface area contributed by atoms with E-state index in [2.05, 4.69) is 5.32 Å². The van der Waals surface area contributed by atoms with Crippen molar-refractivity contribution in [2.75, 3.05) is 11.5 Å². The minimum Gasteiger partial charge on any atom is -0.454 e. The highest BCUT2D eigenvalue weighted by Crippen LogP contribution is 2.31. The third-order valence-corrected chi connectivity index (χ3v) is 5.61. The van der Waals surface area contributed by atoms with Crippen molar-refractivity contribution < 1.29 is 19.1 Å². The molecule has 2 atom stereocenters. The number of hydrogen-bond donors (Lipinski definition) is 1. The van der Waals surface area contributed by atoms with Gasteiger partial charge in [0, 0.05) is 18.7 Å². The van der Waals surface area contributed by atoms with Gasteiger partial charge in [-0.15, -0.1) is 0 Å². The maximum atomic E-state index is 12.8. The van der Waals surface area contributed by atoms with Crippen LogP contribution in [0.2, 0.25) is 0 Å². The van der Waals surface area contributed by atoms with Crippen molar-refractivity contribution in [2.24, 2.45) is 5.92 Å². The Bertz CT molecular complexity index is 712. The Balaban J connectivity index is 1.65. The van der Waals surface area contributed by atoms with Crippen LogP contribution in [0.5, 0.6) is 0 Å². The molecule has 1 aliphatic carbocycles. The van der Waals surface area contributed by atoms with Gasteiger partial charge in [0.05, 0.1) is 0 Å². The lowest BCUT2D eigenvalue weighted by atomic mass is 9.96. The molecule has 0 bridgehead atoms. The fourth-order valence-electron chi connectivity index (χ4n) is 4.24. The summed E-state index contributed by atoms with van der Waals surface area (Å²) in [6.45, 7) is 3.10. The molecule has 1 heterocycles. The molecule has 2 aliphatic rings. The van der Waals surface area contributed by atoms with E-state index in [9.17, 15) is 14.4 Å². The summed E-state index contributed by atoms with van der Waals surface area (Å²) in [5.74, 6) is -0.903. The largest absolute Gasteiger partial charge is 0.454 e. The first-order valence-electron chi connectivity index (χ1n) is 9.81. The number of para-hydroxylation sites is 1. The van der Waals surface area contributed by atoms with Gasteiger partial charge in [-0.05, 0) is 50.2 Å². The smallest absolute Gasteiger partial charge is 0.329 e. The highest BCUT2D eigenvalue weighted by molar-refractivity contribution is 5.97. The van der Waals surface area contributed by atoms with Crippen LogP contribution in [0.15, 0.2) is 24.3 Å². The summed E-state index contributed by atoms with van der Waals surface area (Å²) >= 11 is 0. The Kier molecular flexibility index (Phi) is 6.14. The lowest BCUT2D eigenvalue weighted by Gasteiger charge is -2.35. The molecule has 27 heavy (non-hydrogen) atoms. The molecule has 1 aliphatic heterocycles. The molecule has 3 rings (SSSR count). The van der Waals surface area contributed by atoms with Crippen LogP contribution in [-0.2, 0) is 25.5 Å². The third-order valence-electron chi connectivity index (χ3n) is 5.61. The van der Waals surface area contributed by atoms with Crippen molar-refractivity contribution in [3.8, 4) is 0 Å². The van der Waals surface area contributed by atoms with Gasteiger partial charge in [0.1, 0.15) is 6.04 Å². The second-order valence-corrected chi connectivity index (χ2v) is 7.61. The van der Waals surface area contributed by atoms with Crippen molar-refractivity contribution in [3.05, 3.63) is 29.8 Å². The topological polar surface area (TPSA) is 75.7 Å². The number of nitrogens with zero attached hydrogens (tertiary/aromatic N) is 1. The van der Waals surface area contributed by atoms with Gasteiger partial charge >= 0.3 is 5.97 Å². The molecule has 1 saturated carbocycles. The van der Waals surface area contributed by atoms with Crippen LogP contribution in [0.1, 0.15) is 51.5 Å². The molecule has 2 unspecified atom stereocenters. The van der Waals surface area contributed by atoms with Gasteiger partial charge in [0.15, 0.2) is 6.61 Å². The van der Waals surface area contributed by atoms with E-state index in [4.69, 9.17) is 4.74 Å². The third kappa shape index (κ3) is 4.49. The van der Waals surface area contributed by atoms with E-state index < -0.39 is 12.0 Å². The number of carbonyl (C=O) groups is 3. The summed E-state index contributed by atoms with van der Waals surface area (Å²) in [6, 6.07) is 7.24. The summed E-state index contributed by atoms with van der Waals surface area (Å²) in [4.78, 5) is 38.6. The fraction of sp³-hybridized carbons (Fsp3) is 0.571. The normalized spacial score (nSPS) is 20.7. The van der Waals surface area contributed by atoms with Gasteiger partial charge in [-0.25, -0.2) is 4.79 Å². The maximum Gasteiger partial charge on any atom is 0.329 e. The van der Waals surface area contributed by atoms with E-state index >= 15 is 0 Å². The van der Waals surface area contributed by atoms with Gasteiger partial charge in [0.2, 0.25) is 5.91 Å². The minimum absolute atomic E-state index is 0.0621. The fourth-order valence-corrected chi connectivity index (χ4v) is 4.24. The van der Waals surface area contributed by atoms with Gasteiger partial charge in [-0.2, -0.15) is 0 Å². The molecule has 0 saturated heterocycles. The van der Waals surface area contributed by atoms with Crippen LogP contribution in [-0.4, -0.2) is 36.5 Å². The SMILES string of the molecule is CC(=O)NC(C(=O)OCC(=O)N1c2ccccc2CCC1C)C1CCCC1. The van der Waals surface area contributed by atoms with Crippen LogP contribution in [0, 0.1) is 5.92 Å². The summed E-state index contributed by atoms with van der Waals surface area (Å²) in [5.41, 5.74) is 2.03. The van der Waals surface area contributed by atoms with Gasteiger partial charge in [0.25, 0.3) is 5.91 Å². The van der Waals surface area contributed by atoms with E-state index in [1.165, 1.54) is 6.92 Å². The number of aryl methyl sites for hydroxylation is 1.